The molecule has 0 bridgehead atoms. The fraction of sp³-hybridized carbons (Fsp3) is 0.500. The minimum absolute atomic E-state index is 0.0594. The van der Waals surface area contributed by atoms with Gasteiger partial charge in [-0.2, -0.15) is 0 Å². The number of carbonyl (C=O) groups is 3. The Balaban J connectivity index is 1.76. The van der Waals surface area contributed by atoms with Crippen LogP contribution in [0, 0.1) is 12.3 Å². The van der Waals surface area contributed by atoms with Crippen molar-refractivity contribution < 1.29 is 19.1 Å². The summed E-state index contributed by atoms with van der Waals surface area (Å²) in [5.41, 5.74) is 2.35. The molecule has 5 amide bonds. The lowest BCUT2D eigenvalue weighted by Crippen LogP contribution is -2.73. The van der Waals surface area contributed by atoms with Crippen molar-refractivity contribution >= 4 is 18.0 Å². The van der Waals surface area contributed by atoms with E-state index >= 15 is 0 Å². The van der Waals surface area contributed by atoms with Crippen molar-refractivity contribution in [3.05, 3.63) is 65.2 Å². The maximum absolute atomic E-state index is 13.7. The van der Waals surface area contributed by atoms with E-state index in [0.717, 1.165) is 23.1 Å². The molecule has 0 aliphatic carbocycles. The second kappa shape index (κ2) is 12.8. The van der Waals surface area contributed by atoms with Gasteiger partial charge in [0, 0.05) is 25.7 Å². The fourth-order valence-corrected chi connectivity index (χ4v) is 4.78. The molecule has 2 N–H and O–H groups in total. The number of urea groups is 2. The van der Waals surface area contributed by atoms with Gasteiger partial charge in [0.1, 0.15) is 11.2 Å². The molecule has 0 saturated carbocycles. The van der Waals surface area contributed by atoms with Crippen LogP contribution in [-0.4, -0.2) is 46.6 Å². The lowest BCUT2D eigenvalue weighted by molar-refractivity contribution is -0.192. The average molecular weight is 523 g/mol. The highest BCUT2D eigenvalue weighted by molar-refractivity contribution is 6.03. The molecule has 0 aromatic heterocycles. The first-order valence-corrected chi connectivity index (χ1v) is 13.6. The molecule has 8 nitrogen and oxygen atoms in total. The Kier molecular flexibility index (Phi) is 9.78. The van der Waals surface area contributed by atoms with Crippen LogP contribution in [-0.2, 0) is 17.9 Å². The molecular formula is C30H42N4O4. The highest BCUT2D eigenvalue weighted by atomic mass is 16.5. The molecule has 206 valence electrons. The molecule has 38 heavy (non-hydrogen) atoms. The Morgan fingerprint density at radius 1 is 1.00 bits per heavy atom. The van der Waals surface area contributed by atoms with Gasteiger partial charge in [0.25, 0.3) is 0 Å². The summed E-state index contributed by atoms with van der Waals surface area (Å²) in [7, 11) is 0. The van der Waals surface area contributed by atoms with Gasteiger partial charge in [-0.1, -0.05) is 62.7 Å². The number of likely N-dealkylation sites (tertiary alicyclic amines) is 1. The van der Waals surface area contributed by atoms with Crippen LogP contribution in [0.2, 0.25) is 0 Å². The first kappa shape index (κ1) is 29.0. The Labute approximate surface area is 226 Å². The lowest BCUT2D eigenvalue weighted by atomic mass is 9.72. The number of rotatable bonds is 11. The molecule has 1 aliphatic rings. The minimum atomic E-state index is -0.743. The highest BCUT2D eigenvalue weighted by Gasteiger charge is 2.63. The number of imide groups is 1. The summed E-state index contributed by atoms with van der Waals surface area (Å²) < 4.78 is 6.34. The Morgan fingerprint density at radius 2 is 1.61 bits per heavy atom. The van der Waals surface area contributed by atoms with E-state index in [-0.39, 0.29) is 24.0 Å². The number of nitrogens with zero attached hydrogens (tertiary/aromatic N) is 2. The Bertz CT molecular complexity index is 1090. The largest absolute Gasteiger partial charge is 0.469 e. The zero-order chi connectivity index (χ0) is 27.9. The van der Waals surface area contributed by atoms with Crippen molar-refractivity contribution in [1.29, 1.82) is 0 Å². The van der Waals surface area contributed by atoms with Crippen LogP contribution in [0.5, 0.6) is 5.75 Å². The van der Waals surface area contributed by atoms with Gasteiger partial charge in [0.15, 0.2) is 6.23 Å². The van der Waals surface area contributed by atoms with E-state index in [0.29, 0.717) is 38.2 Å². The number of aryl methyl sites for hydroxylation is 1. The van der Waals surface area contributed by atoms with Crippen molar-refractivity contribution in [3.63, 3.8) is 0 Å². The molecule has 1 atom stereocenters. The number of nitrogens with one attached hydrogen (secondary N) is 2. The van der Waals surface area contributed by atoms with E-state index in [1.807, 2.05) is 90.1 Å². The Morgan fingerprint density at radius 3 is 2.16 bits per heavy atom. The van der Waals surface area contributed by atoms with Gasteiger partial charge < -0.3 is 20.3 Å². The van der Waals surface area contributed by atoms with Crippen LogP contribution < -0.4 is 15.4 Å². The van der Waals surface area contributed by atoms with Gasteiger partial charge in [-0.3, -0.25) is 4.79 Å². The summed E-state index contributed by atoms with van der Waals surface area (Å²) >= 11 is 0. The fourth-order valence-electron chi connectivity index (χ4n) is 4.78. The van der Waals surface area contributed by atoms with Gasteiger partial charge in [-0.25, -0.2) is 14.5 Å². The van der Waals surface area contributed by atoms with Gasteiger partial charge >= 0.3 is 12.1 Å². The standard InChI is InChI=1S/C30H42N4O4/c1-7-18-33(20-24-12-10-22(6)11-13-24)29(37)34-26(35)30(8-2,9-3)27(34)38-25-16-14-23(15-17-25)19-31-28(36)32-21(4)5/h10-17,21,27H,7-9,18-20H2,1-6H3,(H2,31,32,36). The van der Waals surface area contributed by atoms with Crippen molar-refractivity contribution in [1.82, 2.24) is 20.4 Å². The molecule has 8 heteroatoms. The molecule has 0 spiro atoms. The van der Waals surface area contributed by atoms with Crippen molar-refractivity contribution in [2.75, 3.05) is 6.54 Å². The molecular weight excluding hydrogens is 480 g/mol. The summed E-state index contributed by atoms with van der Waals surface area (Å²) in [6.45, 7) is 13.1. The van der Waals surface area contributed by atoms with Crippen molar-refractivity contribution in [2.45, 2.75) is 86.2 Å². The number of ether oxygens (including phenoxy) is 1. The number of hydrogen-bond donors (Lipinski definition) is 2. The second-order valence-corrected chi connectivity index (χ2v) is 10.3. The van der Waals surface area contributed by atoms with E-state index in [4.69, 9.17) is 4.74 Å². The third-order valence-corrected chi connectivity index (χ3v) is 7.12. The summed E-state index contributed by atoms with van der Waals surface area (Å²) in [5, 5.41) is 5.62. The predicted octanol–water partition coefficient (Wildman–Crippen LogP) is 5.59. The molecule has 1 unspecified atom stereocenters. The minimum Gasteiger partial charge on any atom is -0.469 e. The van der Waals surface area contributed by atoms with E-state index in [1.54, 1.807) is 4.90 Å². The van der Waals surface area contributed by atoms with Crippen LogP contribution in [0.25, 0.3) is 0 Å². The molecule has 1 saturated heterocycles. The molecule has 1 fully saturated rings. The molecule has 2 aromatic carbocycles. The third kappa shape index (κ3) is 6.47. The van der Waals surface area contributed by atoms with Crippen LogP contribution in [0.3, 0.4) is 0 Å². The summed E-state index contributed by atoms with van der Waals surface area (Å²) in [4.78, 5) is 42.0. The molecule has 2 aromatic rings. The zero-order valence-corrected chi connectivity index (χ0v) is 23.5. The monoisotopic (exact) mass is 522 g/mol. The maximum atomic E-state index is 13.7. The number of amides is 5. The SMILES string of the molecule is CCCN(Cc1ccc(C)cc1)C(=O)N1C(=O)C(CC)(CC)C1Oc1ccc(CNC(=O)NC(C)C)cc1. The van der Waals surface area contributed by atoms with Crippen LogP contribution in [0.15, 0.2) is 48.5 Å². The Hall–Kier alpha value is -3.55. The number of benzene rings is 2. The molecule has 1 aliphatic heterocycles. The quantitative estimate of drug-likeness (QED) is 0.377. The third-order valence-electron chi connectivity index (χ3n) is 7.12. The van der Waals surface area contributed by atoms with E-state index in [2.05, 4.69) is 10.6 Å². The van der Waals surface area contributed by atoms with Crippen molar-refractivity contribution in [2.24, 2.45) is 5.41 Å². The van der Waals surface area contributed by atoms with E-state index in [1.165, 1.54) is 4.90 Å². The topological polar surface area (TPSA) is 91.0 Å². The van der Waals surface area contributed by atoms with Gasteiger partial charge in [-0.05, 0) is 63.3 Å². The summed E-state index contributed by atoms with van der Waals surface area (Å²) in [6.07, 6.45) is 1.25. The number of hydrogen-bond acceptors (Lipinski definition) is 4. The van der Waals surface area contributed by atoms with Gasteiger partial charge in [-0.15, -0.1) is 0 Å². The first-order chi connectivity index (χ1) is 18.1. The molecule has 0 radical (unpaired) electrons. The smallest absolute Gasteiger partial charge is 0.330 e. The lowest BCUT2D eigenvalue weighted by Gasteiger charge is -2.54. The predicted molar refractivity (Wildman–Crippen MR) is 149 cm³/mol. The maximum Gasteiger partial charge on any atom is 0.330 e. The average Bonchev–Trinajstić information content (AvgIpc) is 2.89. The van der Waals surface area contributed by atoms with Gasteiger partial charge in [0.05, 0.1) is 0 Å². The molecule has 1 heterocycles. The van der Waals surface area contributed by atoms with E-state index < -0.39 is 11.6 Å². The number of carbonyl (C=O) groups excluding carboxylic acids is 3. The molecule has 3 rings (SSSR count). The summed E-state index contributed by atoms with van der Waals surface area (Å²) in [5.74, 6) is 0.391. The van der Waals surface area contributed by atoms with E-state index in [9.17, 15) is 14.4 Å². The highest BCUT2D eigenvalue weighted by Crippen LogP contribution is 2.46. The summed E-state index contributed by atoms with van der Waals surface area (Å²) in [6, 6.07) is 15.0. The normalized spacial score (nSPS) is 16.1. The van der Waals surface area contributed by atoms with Crippen molar-refractivity contribution in [3.8, 4) is 5.75 Å². The van der Waals surface area contributed by atoms with Crippen LogP contribution in [0.1, 0.15) is 70.6 Å². The number of β-lactam (4-membered cyclic amide) rings is 1. The van der Waals surface area contributed by atoms with Gasteiger partial charge in [0.2, 0.25) is 5.91 Å². The zero-order valence-electron chi connectivity index (χ0n) is 23.5. The second-order valence-electron chi connectivity index (χ2n) is 10.3. The van der Waals surface area contributed by atoms with Crippen LogP contribution >= 0.6 is 0 Å². The van der Waals surface area contributed by atoms with Crippen LogP contribution in [0.4, 0.5) is 9.59 Å². The first-order valence-electron chi connectivity index (χ1n) is 13.6.